The molecule has 0 aliphatic carbocycles. The molecule has 6 heteroatoms. The predicted molar refractivity (Wildman–Crippen MR) is 99.7 cm³/mol. The fourth-order valence-corrected chi connectivity index (χ4v) is 2.55. The molecule has 0 aromatic heterocycles. The second-order valence-electron chi connectivity index (χ2n) is 6.17. The Hall–Kier alpha value is -3.17. The van der Waals surface area contributed by atoms with Crippen LogP contribution in [0.15, 0.2) is 48.5 Å². The maximum atomic E-state index is 12.5. The smallest absolute Gasteiger partial charge is 0.282 e. The van der Waals surface area contributed by atoms with E-state index >= 15 is 0 Å². The van der Waals surface area contributed by atoms with Crippen LogP contribution in [-0.4, -0.2) is 32.0 Å². The summed E-state index contributed by atoms with van der Waals surface area (Å²) in [4.78, 5) is 25.1. The maximum Gasteiger partial charge on any atom is 0.282 e. The molecule has 0 spiro atoms. The second-order valence-corrected chi connectivity index (χ2v) is 6.17. The highest BCUT2D eigenvalue weighted by atomic mass is 16.2. The minimum absolute atomic E-state index is 0.124. The summed E-state index contributed by atoms with van der Waals surface area (Å²) in [7, 11) is 3.53. The number of likely N-dealkylation sites (N-methyl/N-ethyl adjacent to an activating group) is 1. The first kappa shape index (κ1) is 19.2. The van der Waals surface area contributed by atoms with Gasteiger partial charge in [0.15, 0.2) is 6.04 Å². The molecule has 2 amide bonds. The van der Waals surface area contributed by atoms with Gasteiger partial charge in [-0.3, -0.25) is 9.59 Å². The zero-order valence-electron chi connectivity index (χ0n) is 15.2. The number of carbonyl (C=O) groups is 2. The molecule has 2 atom stereocenters. The van der Waals surface area contributed by atoms with Crippen LogP contribution in [0.1, 0.15) is 28.4 Å². The number of quaternary nitrogens is 1. The Balaban J connectivity index is 2.00. The summed E-state index contributed by atoms with van der Waals surface area (Å²) in [6, 6.07) is 16.0. The number of nitrogens with zero attached hydrogens (tertiary/aromatic N) is 1. The van der Waals surface area contributed by atoms with Crippen molar-refractivity contribution in [3.8, 4) is 6.07 Å². The zero-order chi connectivity index (χ0) is 19.1. The van der Waals surface area contributed by atoms with Gasteiger partial charge in [-0.1, -0.05) is 24.3 Å². The molecule has 26 heavy (non-hydrogen) atoms. The topological polar surface area (TPSA) is 86.4 Å². The number of anilines is 1. The Bertz CT molecular complexity index is 824. The van der Waals surface area contributed by atoms with Crippen molar-refractivity contribution in [1.29, 1.82) is 5.26 Å². The van der Waals surface area contributed by atoms with Gasteiger partial charge in [-0.15, -0.1) is 0 Å². The number of rotatable bonds is 6. The van der Waals surface area contributed by atoms with Crippen LogP contribution in [0.25, 0.3) is 0 Å². The van der Waals surface area contributed by atoms with Crippen LogP contribution in [0.3, 0.4) is 0 Å². The van der Waals surface area contributed by atoms with E-state index in [0.29, 0.717) is 23.4 Å². The van der Waals surface area contributed by atoms with E-state index in [0.717, 1.165) is 10.5 Å². The van der Waals surface area contributed by atoms with Gasteiger partial charge in [0, 0.05) is 18.2 Å². The molecular formula is C20H23N4O2+. The molecule has 3 N–H and O–H groups in total. The summed E-state index contributed by atoms with van der Waals surface area (Å²) >= 11 is 0. The normalized spacial score (nSPS) is 12.5. The molecule has 134 valence electrons. The predicted octanol–water partition coefficient (Wildman–Crippen LogP) is 0.960. The Morgan fingerprint density at radius 1 is 1.15 bits per heavy atom. The number of nitriles is 1. The van der Waals surface area contributed by atoms with Crippen molar-refractivity contribution in [3.63, 3.8) is 0 Å². The van der Waals surface area contributed by atoms with Gasteiger partial charge in [-0.25, -0.2) is 0 Å². The molecule has 0 heterocycles. The molecular weight excluding hydrogens is 328 g/mol. The van der Waals surface area contributed by atoms with E-state index in [-0.39, 0.29) is 17.9 Å². The summed E-state index contributed by atoms with van der Waals surface area (Å²) < 4.78 is 0. The second kappa shape index (κ2) is 8.79. The third-order valence-corrected chi connectivity index (χ3v) is 4.36. The quantitative estimate of drug-likeness (QED) is 0.724. The van der Waals surface area contributed by atoms with Crippen LogP contribution in [0.5, 0.6) is 0 Å². The average molecular weight is 351 g/mol. The van der Waals surface area contributed by atoms with Gasteiger partial charge in [0.05, 0.1) is 18.3 Å². The Morgan fingerprint density at radius 3 is 2.42 bits per heavy atom. The van der Waals surface area contributed by atoms with E-state index < -0.39 is 0 Å². The van der Waals surface area contributed by atoms with Gasteiger partial charge < -0.3 is 15.5 Å². The first-order valence-electron chi connectivity index (χ1n) is 8.39. The van der Waals surface area contributed by atoms with E-state index in [1.165, 1.54) is 0 Å². The molecule has 0 aliphatic heterocycles. The van der Waals surface area contributed by atoms with Crippen LogP contribution in [0, 0.1) is 11.3 Å². The Kier molecular flexibility index (Phi) is 6.48. The Labute approximate surface area is 153 Å². The summed E-state index contributed by atoms with van der Waals surface area (Å²) in [6.45, 7) is 2.49. The van der Waals surface area contributed by atoms with E-state index in [9.17, 15) is 9.59 Å². The number of carbonyl (C=O) groups excluding carboxylic acids is 2. The van der Waals surface area contributed by atoms with Crippen LogP contribution in [0.4, 0.5) is 5.69 Å². The number of hydrogen-bond donors (Lipinski definition) is 3. The van der Waals surface area contributed by atoms with Gasteiger partial charge >= 0.3 is 0 Å². The highest BCUT2D eigenvalue weighted by Gasteiger charge is 2.22. The molecule has 1 unspecified atom stereocenters. The highest BCUT2D eigenvalue weighted by Crippen LogP contribution is 2.13. The van der Waals surface area contributed by atoms with E-state index in [2.05, 4.69) is 16.7 Å². The third-order valence-electron chi connectivity index (χ3n) is 4.36. The van der Waals surface area contributed by atoms with E-state index in [1.54, 1.807) is 43.4 Å². The highest BCUT2D eigenvalue weighted by molar-refractivity contribution is 5.95. The van der Waals surface area contributed by atoms with E-state index in [4.69, 9.17) is 5.26 Å². The van der Waals surface area contributed by atoms with Crippen LogP contribution < -0.4 is 15.5 Å². The lowest BCUT2D eigenvalue weighted by Crippen LogP contribution is -3.12. The minimum atomic E-state index is -0.305. The van der Waals surface area contributed by atoms with Crippen molar-refractivity contribution < 1.29 is 14.5 Å². The first-order valence-corrected chi connectivity index (χ1v) is 8.39. The lowest BCUT2D eigenvalue weighted by atomic mass is 10.1. The van der Waals surface area contributed by atoms with Gasteiger partial charge in [-0.05, 0) is 31.2 Å². The maximum absolute atomic E-state index is 12.5. The zero-order valence-corrected chi connectivity index (χ0v) is 15.2. The van der Waals surface area contributed by atoms with Crippen molar-refractivity contribution in [2.75, 3.05) is 19.4 Å². The first-order chi connectivity index (χ1) is 12.5. The molecule has 2 aromatic carbocycles. The van der Waals surface area contributed by atoms with E-state index in [1.807, 2.05) is 26.1 Å². The number of benzene rings is 2. The number of amides is 2. The largest absolute Gasteiger partial charge is 0.355 e. The molecule has 2 rings (SSSR count). The van der Waals surface area contributed by atoms with Crippen LogP contribution >= 0.6 is 0 Å². The molecule has 0 bridgehead atoms. The molecule has 0 saturated carbocycles. The third kappa shape index (κ3) is 4.68. The monoisotopic (exact) mass is 351 g/mol. The van der Waals surface area contributed by atoms with Crippen molar-refractivity contribution in [1.82, 2.24) is 5.32 Å². The number of nitrogens with one attached hydrogen (secondary N) is 3. The SMILES string of the molecule is CNC(=O)c1ccc(C[NH+](C)[C@@H](C)C(=O)Nc2ccccc2C#N)cc1. The molecule has 6 nitrogen and oxygen atoms in total. The minimum Gasteiger partial charge on any atom is -0.355 e. The molecule has 2 aromatic rings. The van der Waals surface area contributed by atoms with Gasteiger partial charge in [0.1, 0.15) is 12.6 Å². The molecule has 0 fully saturated rings. The summed E-state index contributed by atoms with van der Waals surface area (Å²) in [6.07, 6.45) is 0. The standard InChI is InChI=1S/C20H22N4O2/c1-14(19(25)23-18-7-5-4-6-17(18)12-21)24(3)13-15-8-10-16(11-9-15)20(26)22-2/h4-11,14H,13H2,1-3H3,(H,22,26)(H,23,25)/p+1/t14-/m0/s1. The van der Waals surface area contributed by atoms with Crippen molar-refractivity contribution in [2.45, 2.75) is 19.5 Å². The number of para-hydroxylation sites is 1. The van der Waals surface area contributed by atoms with Crippen molar-refractivity contribution in [2.24, 2.45) is 0 Å². The summed E-state index contributed by atoms with van der Waals surface area (Å²) in [5.41, 5.74) is 2.60. The Morgan fingerprint density at radius 2 is 1.81 bits per heavy atom. The average Bonchev–Trinajstić information content (AvgIpc) is 2.67. The fourth-order valence-electron chi connectivity index (χ4n) is 2.55. The summed E-state index contributed by atoms with van der Waals surface area (Å²) in [5.74, 6) is -0.270. The lowest BCUT2D eigenvalue weighted by molar-refractivity contribution is -0.907. The fraction of sp³-hybridized carbons (Fsp3) is 0.250. The van der Waals surface area contributed by atoms with Gasteiger partial charge in [0.25, 0.3) is 11.8 Å². The van der Waals surface area contributed by atoms with Crippen LogP contribution in [0.2, 0.25) is 0 Å². The van der Waals surface area contributed by atoms with Crippen LogP contribution in [-0.2, 0) is 11.3 Å². The van der Waals surface area contributed by atoms with Gasteiger partial charge in [0.2, 0.25) is 0 Å². The summed E-state index contributed by atoms with van der Waals surface area (Å²) in [5, 5.41) is 14.5. The lowest BCUT2D eigenvalue weighted by Gasteiger charge is -2.21. The molecule has 0 saturated heterocycles. The number of hydrogen-bond acceptors (Lipinski definition) is 3. The van der Waals surface area contributed by atoms with Gasteiger partial charge in [-0.2, -0.15) is 5.26 Å². The van der Waals surface area contributed by atoms with Crippen molar-refractivity contribution >= 4 is 17.5 Å². The molecule has 0 aliphatic rings. The van der Waals surface area contributed by atoms with Crippen molar-refractivity contribution in [3.05, 3.63) is 65.2 Å². The molecule has 0 radical (unpaired) electrons.